The van der Waals surface area contributed by atoms with Crippen LogP contribution in [-0.2, 0) is 0 Å². The molecule has 0 saturated carbocycles. The second-order valence-corrected chi connectivity index (χ2v) is 3.99. The van der Waals surface area contributed by atoms with Crippen LogP contribution >= 0.6 is 0 Å². The lowest BCUT2D eigenvalue weighted by atomic mass is 10.3. The summed E-state index contributed by atoms with van der Waals surface area (Å²) in [5, 5.41) is 2.73. The predicted octanol–water partition coefficient (Wildman–Crippen LogP) is 2.68. The average molecular weight is 261 g/mol. The largest absolute Gasteiger partial charge is 0.338 e. The minimum absolute atomic E-state index is 0.00672. The van der Waals surface area contributed by atoms with Crippen molar-refractivity contribution in [3.05, 3.63) is 42.0 Å². The van der Waals surface area contributed by atoms with Crippen LogP contribution in [0.15, 0.2) is 24.5 Å². The van der Waals surface area contributed by atoms with E-state index in [1.54, 1.807) is 6.92 Å². The van der Waals surface area contributed by atoms with E-state index in [4.69, 9.17) is 0 Å². The number of fused-ring (bicyclic) bond motifs is 1. The van der Waals surface area contributed by atoms with Crippen molar-refractivity contribution >= 4 is 22.7 Å². The number of H-pyrrole nitrogens is 1. The molecule has 2 N–H and O–H groups in total. The van der Waals surface area contributed by atoms with Crippen LogP contribution < -0.4 is 5.32 Å². The summed E-state index contributed by atoms with van der Waals surface area (Å²) in [7, 11) is 0. The lowest BCUT2D eigenvalue weighted by Gasteiger charge is -2.06. The van der Waals surface area contributed by atoms with Crippen LogP contribution in [0.25, 0.3) is 11.2 Å². The zero-order valence-electron chi connectivity index (χ0n) is 9.91. The van der Waals surface area contributed by atoms with Crippen molar-refractivity contribution in [2.24, 2.45) is 0 Å². The van der Waals surface area contributed by atoms with Crippen molar-refractivity contribution in [1.82, 2.24) is 19.9 Å². The molecule has 0 aliphatic carbocycles. The van der Waals surface area contributed by atoms with Crippen LogP contribution in [0, 0.1) is 18.6 Å². The molecule has 0 radical (unpaired) electrons. The second kappa shape index (κ2) is 4.27. The number of imidazole rings is 1. The summed E-state index contributed by atoms with van der Waals surface area (Å²) in [5.41, 5.74) is 1.02. The minimum atomic E-state index is -0.565. The number of hydrogen-bond donors (Lipinski definition) is 2. The van der Waals surface area contributed by atoms with E-state index >= 15 is 0 Å². The van der Waals surface area contributed by atoms with Crippen LogP contribution in [0.1, 0.15) is 5.82 Å². The first-order chi connectivity index (χ1) is 9.13. The molecule has 0 fully saturated rings. The quantitative estimate of drug-likeness (QED) is 0.744. The molecule has 96 valence electrons. The van der Waals surface area contributed by atoms with E-state index in [0.29, 0.717) is 22.8 Å². The van der Waals surface area contributed by atoms with Gasteiger partial charge < -0.3 is 10.3 Å². The molecule has 0 bridgehead atoms. The standard InChI is InChI=1S/C12H9F2N5/c1-6-17-10-11(18-6)15-5-16-12(10)19-9-4-7(13)2-3-8(9)14/h2-5H,1H3,(H2,15,16,17,18,19). The Morgan fingerprint density at radius 2 is 2.05 bits per heavy atom. The highest BCUT2D eigenvalue weighted by atomic mass is 19.1. The van der Waals surface area contributed by atoms with E-state index in [0.717, 1.165) is 18.2 Å². The van der Waals surface area contributed by atoms with Gasteiger partial charge in [-0.15, -0.1) is 0 Å². The van der Waals surface area contributed by atoms with Crippen molar-refractivity contribution in [2.75, 3.05) is 5.32 Å². The molecule has 19 heavy (non-hydrogen) atoms. The number of anilines is 2. The number of aromatic nitrogens is 4. The van der Waals surface area contributed by atoms with Gasteiger partial charge in [-0.25, -0.2) is 23.7 Å². The molecule has 0 saturated heterocycles. The average Bonchev–Trinajstić information content (AvgIpc) is 2.75. The molecule has 0 atom stereocenters. The molecule has 7 heteroatoms. The minimum Gasteiger partial charge on any atom is -0.338 e. The summed E-state index contributed by atoms with van der Waals surface area (Å²) >= 11 is 0. The molecule has 0 unspecified atom stereocenters. The topological polar surface area (TPSA) is 66.5 Å². The highest BCUT2D eigenvalue weighted by Crippen LogP contribution is 2.23. The SMILES string of the molecule is Cc1nc2ncnc(Nc3cc(F)ccc3F)c2[nH]1. The van der Waals surface area contributed by atoms with Crippen molar-refractivity contribution < 1.29 is 8.78 Å². The Kier molecular flexibility index (Phi) is 2.59. The predicted molar refractivity (Wildman–Crippen MR) is 66.1 cm³/mol. The normalized spacial score (nSPS) is 10.9. The fourth-order valence-corrected chi connectivity index (χ4v) is 1.76. The Hall–Kier alpha value is -2.57. The Bertz CT molecular complexity index is 753. The summed E-state index contributed by atoms with van der Waals surface area (Å²) in [4.78, 5) is 15.1. The zero-order valence-corrected chi connectivity index (χ0v) is 9.91. The summed E-state index contributed by atoms with van der Waals surface area (Å²) in [6.07, 6.45) is 1.31. The van der Waals surface area contributed by atoms with E-state index in [-0.39, 0.29) is 5.69 Å². The van der Waals surface area contributed by atoms with Gasteiger partial charge in [0.25, 0.3) is 0 Å². The Labute approximate surface area is 106 Å². The molecule has 0 aliphatic heterocycles. The van der Waals surface area contributed by atoms with Gasteiger partial charge in [-0.3, -0.25) is 0 Å². The summed E-state index contributed by atoms with van der Waals surface area (Å²) in [6, 6.07) is 3.16. The van der Waals surface area contributed by atoms with Crippen LogP contribution in [0.2, 0.25) is 0 Å². The first-order valence-electron chi connectivity index (χ1n) is 5.53. The van der Waals surface area contributed by atoms with Gasteiger partial charge in [-0.1, -0.05) is 0 Å². The van der Waals surface area contributed by atoms with Gasteiger partial charge in [0.05, 0.1) is 5.69 Å². The van der Waals surface area contributed by atoms with Gasteiger partial charge in [0.1, 0.15) is 29.3 Å². The molecule has 0 spiro atoms. The van der Waals surface area contributed by atoms with Crippen molar-refractivity contribution in [1.29, 1.82) is 0 Å². The summed E-state index contributed by atoms with van der Waals surface area (Å²) in [6.45, 7) is 1.77. The number of benzene rings is 1. The molecule has 2 heterocycles. The van der Waals surface area contributed by atoms with Gasteiger partial charge in [0, 0.05) is 6.07 Å². The first kappa shape index (κ1) is 11.5. The maximum atomic E-state index is 13.6. The van der Waals surface area contributed by atoms with Gasteiger partial charge >= 0.3 is 0 Å². The molecule has 2 aromatic heterocycles. The highest BCUT2D eigenvalue weighted by Gasteiger charge is 2.10. The number of nitrogens with one attached hydrogen (secondary N) is 2. The number of nitrogens with zero attached hydrogens (tertiary/aromatic N) is 3. The number of aromatic amines is 1. The molecular weight excluding hydrogens is 252 g/mol. The fourth-order valence-electron chi connectivity index (χ4n) is 1.76. The van der Waals surface area contributed by atoms with Gasteiger partial charge in [-0.2, -0.15) is 0 Å². The molecule has 1 aromatic carbocycles. The molecule has 3 aromatic rings. The van der Waals surface area contributed by atoms with Crippen LogP contribution in [-0.4, -0.2) is 19.9 Å². The van der Waals surface area contributed by atoms with Crippen LogP contribution in [0.3, 0.4) is 0 Å². The van der Waals surface area contributed by atoms with Crippen molar-refractivity contribution in [2.45, 2.75) is 6.92 Å². The highest BCUT2D eigenvalue weighted by molar-refractivity contribution is 5.84. The molecule has 3 rings (SSSR count). The van der Waals surface area contributed by atoms with E-state index < -0.39 is 11.6 Å². The van der Waals surface area contributed by atoms with E-state index in [9.17, 15) is 8.78 Å². The second-order valence-electron chi connectivity index (χ2n) is 3.99. The van der Waals surface area contributed by atoms with Gasteiger partial charge in [0.2, 0.25) is 0 Å². The third-order valence-corrected chi connectivity index (χ3v) is 2.59. The number of rotatable bonds is 2. The van der Waals surface area contributed by atoms with Gasteiger partial charge in [0.15, 0.2) is 11.5 Å². The fraction of sp³-hybridized carbons (Fsp3) is 0.0833. The molecule has 0 amide bonds. The maximum absolute atomic E-state index is 13.6. The summed E-state index contributed by atoms with van der Waals surface area (Å²) < 4.78 is 26.7. The number of halogens is 2. The Morgan fingerprint density at radius 1 is 1.21 bits per heavy atom. The molecular formula is C12H9F2N5. The summed E-state index contributed by atoms with van der Waals surface area (Å²) in [5.74, 6) is -0.0900. The Balaban J connectivity index is 2.08. The monoisotopic (exact) mass is 261 g/mol. The lowest BCUT2D eigenvalue weighted by Crippen LogP contribution is -1.98. The zero-order chi connectivity index (χ0) is 13.4. The van der Waals surface area contributed by atoms with Crippen molar-refractivity contribution in [3.8, 4) is 0 Å². The molecule has 0 aliphatic rings. The van der Waals surface area contributed by atoms with E-state index in [1.165, 1.54) is 6.33 Å². The van der Waals surface area contributed by atoms with E-state index in [1.807, 2.05) is 0 Å². The van der Waals surface area contributed by atoms with Crippen LogP contribution in [0.5, 0.6) is 0 Å². The lowest BCUT2D eigenvalue weighted by molar-refractivity contribution is 0.603. The third-order valence-electron chi connectivity index (χ3n) is 2.59. The third kappa shape index (κ3) is 2.10. The van der Waals surface area contributed by atoms with Crippen molar-refractivity contribution in [3.63, 3.8) is 0 Å². The van der Waals surface area contributed by atoms with Crippen LogP contribution in [0.4, 0.5) is 20.3 Å². The Morgan fingerprint density at radius 3 is 2.89 bits per heavy atom. The van der Waals surface area contributed by atoms with Gasteiger partial charge in [-0.05, 0) is 19.1 Å². The number of aryl methyl sites for hydroxylation is 1. The molecule has 5 nitrogen and oxygen atoms in total. The van der Waals surface area contributed by atoms with E-state index in [2.05, 4.69) is 25.3 Å². The first-order valence-corrected chi connectivity index (χ1v) is 5.53. The maximum Gasteiger partial charge on any atom is 0.183 e. The smallest absolute Gasteiger partial charge is 0.183 e. The number of hydrogen-bond acceptors (Lipinski definition) is 4.